The highest BCUT2D eigenvalue weighted by Crippen LogP contribution is 2.32. The summed E-state index contributed by atoms with van der Waals surface area (Å²) in [4.78, 5) is 11.5. The lowest BCUT2D eigenvalue weighted by Crippen LogP contribution is -1.99. The van der Waals surface area contributed by atoms with Gasteiger partial charge in [-0.05, 0) is 18.2 Å². The van der Waals surface area contributed by atoms with Gasteiger partial charge >= 0.3 is 5.97 Å². The smallest absolute Gasteiger partial charge is 0.336 e. The molecule has 0 aliphatic rings. The lowest BCUT2D eigenvalue weighted by Gasteiger charge is -2.04. The van der Waals surface area contributed by atoms with Crippen molar-refractivity contribution in [2.75, 3.05) is 5.73 Å². The third kappa shape index (κ3) is 2.31. The number of benzene rings is 1. The van der Waals surface area contributed by atoms with Gasteiger partial charge in [0.25, 0.3) is 0 Å². The van der Waals surface area contributed by atoms with Gasteiger partial charge < -0.3 is 10.8 Å². The number of nitrogen functional groups attached to an aromatic ring is 1. The molecule has 3 N–H and O–H groups in total. The van der Waals surface area contributed by atoms with Crippen LogP contribution in [0.15, 0.2) is 32.9 Å². The molecule has 0 bridgehead atoms. The molecule has 0 aliphatic carbocycles. The minimum Gasteiger partial charge on any atom is -0.478 e. The monoisotopic (exact) mass is 253 g/mol. The van der Waals surface area contributed by atoms with Crippen LogP contribution in [0.5, 0.6) is 0 Å². The maximum Gasteiger partial charge on any atom is 0.336 e. The molecule has 0 unspecified atom stereocenters. The third-order valence-corrected chi connectivity index (χ3v) is 3.61. The maximum absolute atomic E-state index is 11.0. The molecule has 7 heteroatoms. The van der Waals surface area contributed by atoms with E-state index in [4.69, 9.17) is 10.8 Å². The molecule has 0 aliphatic heterocycles. The number of carboxylic acids is 1. The van der Waals surface area contributed by atoms with Crippen LogP contribution >= 0.6 is 23.1 Å². The molecule has 5 nitrogen and oxygen atoms in total. The van der Waals surface area contributed by atoms with E-state index in [0.29, 0.717) is 14.9 Å². The topological polar surface area (TPSA) is 89.1 Å². The Balaban J connectivity index is 2.38. The van der Waals surface area contributed by atoms with Crippen LogP contribution in [0.3, 0.4) is 0 Å². The minimum atomic E-state index is -0.980. The van der Waals surface area contributed by atoms with Gasteiger partial charge in [-0.2, -0.15) is 0 Å². The summed E-state index contributed by atoms with van der Waals surface area (Å²) in [6, 6.07) is 4.67. The van der Waals surface area contributed by atoms with Gasteiger partial charge in [-0.1, -0.05) is 23.1 Å². The normalized spacial score (nSPS) is 10.2. The zero-order valence-corrected chi connectivity index (χ0v) is 9.59. The van der Waals surface area contributed by atoms with Gasteiger partial charge in [0.2, 0.25) is 0 Å². The first kappa shape index (κ1) is 10.9. The highest BCUT2D eigenvalue weighted by atomic mass is 32.2. The lowest BCUT2D eigenvalue weighted by molar-refractivity contribution is 0.0693. The predicted octanol–water partition coefficient (Wildman–Crippen LogP) is 1.97. The first-order valence-electron chi connectivity index (χ1n) is 4.23. The summed E-state index contributed by atoms with van der Waals surface area (Å²) < 4.78 is 0.688. The summed E-state index contributed by atoms with van der Waals surface area (Å²) in [5.74, 6) is -0.980. The van der Waals surface area contributed by atoms with Crippen molar-refractivity contribution in [3.8, 4) is 0 Å². The SMILES string of the molecule is Nc1ccc(C(=O)O)c(Sc2nncs2)c1. The molecule has 16 heavy (non-hydrogen) atoms. The highest BCUT2D eigenvalue weighted by Gasteiger charge is 2.12. The number of anilines is 1. The Labute approximate surface area is 99.3 Å². The van der Waals surface area contributed by atoms with E-state index in [0.717, 1.165) is 0 Å². The molecule has 0 saturated heterocycles. The summed E-state index contributed by atoms with van der Waals surface area (Å²) in [6.45, 7) is 0. The van der Waals surface area contributed by atoms with Crippen LogP contribution in [-0.2, 0) is 0 Å². The lowest BCUT2D eigenvalue weighted by atomic mass is 10.2. The number of hydrogen-bond acceptors (Lipinski definition) is 6. The van der Waals surface area contributed by atoms with Crippen molar-refractivity contribution in [1.82, 2.24) is 10.2 Å². The van der Waals surface area contributed by atoms with Crippen molar-refractivity contribution < 1.29 is 9.90 Å². The van der Waals surface area contributed by atoms with Gasteiger partial charge in [0.1, 0.15) is 5.51 Å². The number of carboxylic acid groups (broad SMARTS) is 1. The molecule has 2 rings (SSSR count). The molecule has 1 aromatic heterocycles. The molecule has 1 aromatic carbocycles. The fourth-order valence-electron chi connectivity index (χ4n) is 1.10. The molecule has 0 amide bonds. The van der Waals surface area contributed by atoms with Gasteiger partial charge in [0, 0.05) is 10.6 Å². The molecule has 82 valence electrons. The number of nitrogens with zero attached hydrogens (tertiary/aromatic N) is 2. The molecule has 0 radical (unpaired) electrons. The van der Waals surface area contributed by atoms with E-state index < -0.39 is 5.97 Å². The van der Waals surface area contributed by atoms with Crippen LogP contribution in [0, 0.1) is 0 Å². The quantitative estimate of drug-likeness (QED) is 0.813. The van der Waals surface area contributed by atoms with Crippen molar-refractivity contribution in [3.63, 3.8) is 0 Å². The van der Waals surface area contributed by atoms with Crippen molar-refractivity contribution in [2.45, 2.75) is 9.24 Å². The fourth-order valence-corrected chi connectivity index (χ4v) is 2.71. The molecule has 0 fully saturated rings. The van der Waals surface area contributed by atoms with Crippen molar-refractivity contribution in [3.05, 3.63) is 29.3 Å². The van der Waals surface area contributed by atoms with Crippen LogP contribution in [0.4, 0.5) is 5.69 Å². The maximum atomic E-state index is 11.0. The van der Waals surface area contributed by atoms with Crippen molar-refractivity contribution in [2.24, 2.45) is 0 Å². The van der Waals surface area contributed by atoms with Gasteiger partial charge in [-0.3, -0.25) is 0 Å². The molecule has 0 spiro atoms. The zero-order chi connectivity index (χ0) is 11.5. The number of aromatic carboxylic acids is 1. The fraction of sp³-hybridized carbons (Fsp3) is 0. The second-order valence-corrected chi connectivity index (χ2v) is 4.99. The average molecular weight is 253 g/mol. The first-order valence-corrected chi connectivity index (χ1v) is 5.93. The van der Waals surface area contributed by atoms with Gasteiger partial charge in [0.15, 0.2) is 4.34 Å². The number of carbonyl (C=O) groups is 1. The number of nitrogens with two attached hydrogens (primary N) is 1. The number of hydrogen-bond donors (Lipinski definition) is 2. The first-order chi connectivity index (χ1) is 7.66. The van der Waals surface area contributed by atoms with E-state index in [-0.39, 0.29) is 5.56 Å². The van der Waals surface area contributed by atoms with E-state index in [1.165, 1.54) is 29.2 Å². The van der Waals surface area contributed by atoms with Crippen LogP contribution in [0.1, 0.15) is 10.4 Å². The number of rotatable bonds is 3. The van der Waals surface area contributed by atoms with Gasteiger partial charge in [0.05, 0.1) is 5.56 Å². The Morgan fingerprint density at radius 3 is 2.94 bits per heavy atom. The van der Waals surface area contributed by atoms with Crippen LogP contribution in [-0.4, -0.2) is 21.3 Å². The van der Waals surface area contributed by atoms with Crippen molar-refractivity contribution >= 4 is 34.8 Å². The third-order valence-electron chi connectivity index (χ3n) is 1.77. The van der Waals surface area contributed by atoms with E-state index in [1.807, 2.05) is 0 Å². The van der Waals surface area contributed by atoms with E-state index in [1.54, 1.807) is 17.6 Å². The molecular formula is C9H7N3O2S2. The summed E-state index contributed by atoms with van der Waals surface area (Å²) in [7, 11) is 0. The standard InChI is InChI=1S/C9H7N3O2S2/c10-5-1-2-6(8(13)14)7(3-5)16-9-12-11-4-15-9/h1-4H,10H2,(H,13,14). The molecule has 1 heterocycles. The molecule has 0 saturated carbocycles. The Morgan fingerprint density at radius 1 is 1.50 bits per heavy atom. The van der Waals surface area contributed by atoms with Crippen LogP contribution in [0.2, 0.25) is 0 Å². The van der Waals surface area contributed by atoms with E-state index in [9.17, 15) is 4.79 Å². The average Bonchev–Trinajstić information content (AvgIpc) is 2.70. The Hall–Kier alpha value is -1.60. The Kier molecular flexibility index (Phi) is 3.07. The largest absolute Gasteiger partial charge is 0.478 e. The second-order valence-electron chi connectivity index (χ2n) is 2.87. The summed E-state index contributed by atoms with van der Waals surface area (Å²) in [6.07, 6.45) is 0. The second kappa shape index (κ2) is 4.50. The Bertz CT molecular complexity index is 513. The molecular weight excluding hydrogens is 246 g/mol. The van der Waals surface area contributed by atoms with Crippen LogP contribution in [0.25, 0.3) is 0 Å². The van der Waals surface area contributed by atoms with Crippen molar-refractivity contribution in [1.29, 1.82) is 0 Å². The highest BCUT2D eigenvalue weighted by molar-refractivity contribution is 8.01. The van der Waals surface area contributed by atoms with Gasteiger partial charge in [-0.25, -0.2) is 4.79 Å². The summed E-state index contributed by atoms with van der Waals surface area (Å²) >= 11 is 2.60. The number of aromatic nitrogens is 2. The van der Waals surface area contributed by atoms with Crippen LogP contribution < -0.4 is 5.73 Å². The van der Waals surface area contributed by atoms with E-state index >= 15 is 0 Å². The predicted molar refractivity (Wildman–Crippen MR) is 61.8 cm³/mol. The minimum absolute atomic E-state index is 0.217. The zero-order valence-electron chi connectivity index (χ0n) is 7.95. The summed E-state index contributed by atoms with van der Waals surface area (Å²) in [5.41, 5.74) is 7.95. The van der Waals surface area contributed by atoms with Gasteiger partial charge in [-0.15, -0.1) is 10.2 Å². The Morgan fingerprint density at radius 2 is 2.31 bits per heavy atom. The molecule has 0 atom stereocenters. The molecule has 2 aromatic rings. The van der Waals surface area contributed by atoms with E-state index in [2.05, 4.69) is 10.2 Å². The summed E-state index contributed by atoms with van der Waals surface area (Å²) in [5, 5.41) is 16.5.